The van der Waals surface area contributed by atoms with Gasteiger partial charge in [-0.3, -0.25) is 4.98 Å². The number of halogens is 1. The van der Waals surface area contributed by atoms with Crippen molar-refractivity contribution in [1.29, 1.82) is 0 Å². The van der Waals surface area contributed by atoms with Crippen molar-refractivity contribution in [3.05, 3.63) is 53.1 Å². The predicted octanol–water partition coefficient (Wildman–Crippen LogP) is 4.32. The van der Waals surface area contributed by atoms with E-state index < -0.39 is 0 Å². The molecular weight excluding hydrogens is 381 g/mol. The molecule has 3 aromatic rings. The molecule has 1 aromatic carbocycles. The molecule has 2 saturated heterocycles. The van der Waals surface area contributed by atoms with Gasteiger partial charge in [0.2, 0.25) is 0 Å². The highest BCUT2D eigenvalue weighted by atomic mass is 19.1. The van der Waals surface area contributed by atoms with Crippen molar-refractivity contribution >= 4 is 22.4 Å². The summed E-state index contributed by atoms with van der Waals surface area (Å²) in [5.74, 6) is 0.467. The van der Waals surface area contributed by atoms with E-state index in [1.165, 1.54) is 6.07 Å². The second-order valence-electron chi connectivity index (χ2n) is 8.37. The van der Waals surface area contributed by atoms with Crippen LogP contribution in [0, 0.1) is 19.7 Å². The third-order valence-electron chi connectivity index (χ3n) is 6.44. The third kappa shape index (κ3) is 3.17. The van der Waals surface area contributed by atoms with Crippen LogP contribution in [0.5, 0.6) is 0 Å². The van der Waals surface area contributed by atoms with Gasteiger partial charge < -0.3 is 15.0 Å². The van der Waals surface area contributed by atoms with Crippen molar-refractivity contribution < 1.29 is 9.13 Å². The zero-order chi connectivity index (χ0) is 20.8. The van der Waals surface area contributed by atoms with Gasteiger partial charge in [-0.15, -0.1) is 5.10 Å². The summed E-state index contributed by atoms with van der Waals surface area (Å²) in [4.78, 5) is 7.19. The van der Waals surface area contributed by atoms with Gasteiger partial charge in [0.1, 0.15) is 5.82 Å². The summed E-state index contributed by atoms with van der Waals surface area (Å²) in [5.41, 5.74) is 4.27. The van der Waals surface area contributed by atoms with Crippen LogP contribution in [0.25, 0.3) is 10.9 Å². The largest absolute Gasteiger partial charge is 0.377 e. The SMILES string of the molecule is Cc1c(F)cccc1[C@@H](C)Nc1nnc(C)c2ncc(N3C4CCC3COC4)cc12. The molecule has 0 amide bonds. The fraction of sp³-hybridized carbons (Fsp3) is 0.435. The monoisotopic (exact) mass is 407 g/mol. The van der Waals surface area contributed by atoms with Gasteiger partial charge in [0.05, 0.1) is 54.4 Å². The molecule has 5 rings (SSSR count). The predicted molar refractivity (Wildman–Crippen MR) is 115 cm³/mol. The van der Waals surface area contributed by atoms with Gasteiger partial charge in [-0.2, -0.15) is 5.10 Å². The highest BCUT2D eigenvalue weighted by molar-refractivity contribution is 5.92. The number of rotatable bonds is 4. The third-order valence-corrected chi connectivity index (χ3v) is 6.44. The zero-order valence-corrected chi connectivity index (χ0v) is 17.5. The maximum absolute atomic E-state index is 14.0. The lowest BCUT2D eigenvalue weighted by molar-refractivity contribution is 0.0906. The highest BCUT2D eigenvalue weighted by Crippen LogP contribution is 2.36. The van der Waals surface area contributed by atoms with E-state index in [9.17, 15) is 4.39 Å². The standard InChI is InChI=1S/C23H26FN5O/c1-13-19(5-4-6-21(13)24)14(2)26-23-20-9-18(10-25-22(20)15(3)27-28-23)29-16-7-8-17(29)12-30-11-16/h4-6,9-10,14,16-17H,7-8,11-12H2,1-3H3,(H,26,28)/t14-,16?,17?/m1/s1. The quantitative estimate of drug-likeness (QED) is 0.695. The average Bonchev–Trinajstić information content (AvgIpc) is 3.00. The minimum Gasteiger partial charge on any atom is -0.377 e. The van der Waals surface area contributed by atoms with Crippen molar-refractivity contribution in [2.45, 2.75) is 51.7 Å². The van der Waals surface area contributed by atoms with Gasteiger partial charge in [0.15, 0.2) is 5.82 Å². The number of hydrogen-bond acceptors (Lipinski definition) is 6. The minimum absolute atomic E-state index is 0.121. The Hall–Kier alpha value is -2.80. The second kappa shape index (κ2) is 7.47. The summed E-state index contributed by atoms with van der Waals surface area (Å²) >= 11 is 0. The van der Waals surface area contributed by atoms with Gasteiger partial charge >= 0.3 is 0 Å². The maximum Gasteiger partial charge on any atom is 0.158 e. The first kappa shape index (κ1) is 19.2. The maximum atomic E-state index is 14.0. The van der Waals surface area contributed by atoms with Crippen molar-refractivity contribution in [2.24, 2.45) is 0 Å². The van der Waals surface area contributed by atoms with E-state index in [1.54, 1.807) is 13.0 Å². The van der Waals surface area contributed by atoms with E-state index in [1.807, 2.05) is 26.1 Å². The Morgan fingerprint density at radius 2 is 1.93 bits per heavy atom. The summed E-state index contributed by atoms with van der Waals surface area (Å²) < 4.78 is 19.8. The minimum atomic E-state index is -0.201. The molecule has 4 heterocycles. The van der Waals surface area contributed by atoms with Crippen molar-refractivity contribution in [3.63, 3.8) is 0 Å². The molecule has 2 aliphatic rings. The molecule has 0 aliphatic carbocycles. The van der Waals surface area contributed by atoms with Crippen molar-refractivity contribution in [3.8, 4) is 0 Å². The van der Waals surface area contributed by atoms with Crippen LogP contribution in [0.15, 0.2) is 30.5 Å². The number of fused-ring (bicyclic) bond motifs is 3. The van der Waals surface area contributed by atoms with Crippen LogP contribution in [0.3, 0.4) is 0 Å². The van der Waals surface area contributed by atoms with Crippen LogP contribution in [-0.4, -0.2) is 40.5 Å². The summed E-state index contributed by atoms with van der Waals surface area (Å²) in [7, 11) is 0. The number of benzene rings is 1. The Bertz CT molecular complexity index is 1090. The molecule has 2 aliphatic heterocycles. The molecule has 2 unspecified atom stereocenters. The number of nitrogens with one attached hydrogen (secondary N) is 1. The number of ether oxygens (including phenoxy) is 1. The molecule has 0 saturated carbocycles. The van der Waals surface area contributed by atoms with Gasteiger partial charge in [-0.05, 0) is 56.9 Å². The lowest BCUT2D eigenvalue weighted by Gasteiger charge is -2.36. The van der Waals surface area contributed by atoms with Crippen LogP contribution in [0.4, 0.5) is 15.9 Å². The summed E-state index contributed by atoms with van der Waals surface area (Å²) in [5, 5.41) is 13.1. The number of pyridine rings is 1. The van der Waals surface area contributed by atoms with Crippen LogP contribution in [-0.2, 0) is 4.74 Å². The van der Waals surface area contributed by atoms with Gasteiger partial charge in [0, 0.05) is 5.39 Å². The van der Waals surface area contributed by atoms with E-state index in [-0.39, 0.29) is 11.9 Å². The Morgan fingerprint density at radius 3 is 2.70 bits per heavy atom. The van der Waals surface area contributed by atoms with Gasteiger partial charge in [0.25, 0.3) is 0 Å². The summed E-state index contributed by atoms with van der Waals surface area (Å²) in [6.45, 7) is 7.26. The van der Waals surface area contributed by atoms with Crippen LogP contribution >= 0.6 is 0 Å². The molecule has 2 bridgehead atoms. The molecule has 30 heavy (non-hydrogen) atoms. The number of morpholine rings is 1. The molecule has 0 radical (unpaired) electrons. The molecule has 156 valence electrons. The molecule has 0 spiro atoms. The second-order valence-corrected chi connectivity index (χ2v) is 8.37. The zero-order valence-electron chi connectivity index (χ0n) is 17.5. The molecular formula is C23H26FN5O. The Balaban J connectivity index is 1.53. The Kier molecular flexibility index (Phi) is 4.77. The number of hydrogen-bond donors (Lipinski definition) is 1. The topological polar surface area (TPSA) is 63.2 Å². The first-order valence-corrected chi connectivity index (χ1v) is 10.5. The lowest BCUT2D eigenvalue weighted by Crippen LogP contribution is -2.45. The first-order valence-electron chi connectivity index (χ1n) is 10.5. The first-order chi connectivity index (χ1) is 14.5. The van der Waals surface area contributed by atoms with Crippen molar-refractivity contribution in [2.75, 3.05) is 23.4 Å². The van der Waals surface area contributed by atoms with E-state index >= 15 is 0 Å². The molecule has 1 N–H and O–H groups in total. The molecule has 2 fully saturated rings. The van der Waals surface area contributed by atoms with Gasteiger partial charge in [-0.1, -0.05) is 12.1 Å². The normalized spacial score (nSPS) is 21.8. The molecule has 7 heteroatoms. The summed E-state index contributed by atoms with van der Waals surface area (Å²) in [6.07, 6.45) is 4.24. The van der Waals surface area contributed by atoms with E-state index in [0.717, 1.165) is 53.9 Å². The number of nitrogens with zero attached hydrogens (tertiary/aromatic N) is 4. The number of aryl methyl sites for hydroxylation is 1. The Labute approximate surface area is 175 Å². The Morgan fingerprint density at radius 1 is 1.17 bits per heavy atom. The van der Waals surface area contributed by atoms with Crippen molar-refractivity contribution in [1.82, 2.24) is 15.2 Å². The van der Waals surface area contributed by atoms with Crippen LogP contribution in [0.2, 0.25) is 0 Å². The van der Waals surface area contributed by atoms with E-state index in [4.69, 9.17) is 9.72 Å². The average molecular weight is 407 g/mol. The lowest BCUT2D eigenvalue weighted by atomic mass is 10.0. The molecule has 3 atom stereocenters. The fourth-order valence-electron chi connectivity index (χ4n) is 4.82. The molecule has 6 nitrogen and oxygen atoms in total. The number of anilines is 2. The van der Waals surface area contributed by atoms with Crippen LogP contribution < -0.4 is 10.2 Å². The van der Waals surface area contributed by atoms with E-state index in [0.29, 0.717) is 23.5 Å². The fourth-order valence-corrected chi connectivity index (χ4v) is 4.82. The van der Waals surface area contributed by atoms with Crippen LogP contribution in [0.1, 0.15) is 42.6 Å². The van der Waals surface area contributed by atoms with Gasteiger partial charge in [-0.25, -0.2) is 4.39 Å². The smallest absolute Gasteiger partial charge is 0.158 e. The number of aromatic nitrogens is 3. The van der Waals surface area contributed by atoms with E-state index in [2.05, 4.69) is 26.5 Å². The molecule has 2 aromatic heterocycles. The summed E-state index contributed by atoms with van der Waals surface area (Å²) in [6, 6.07) is 8.02. The highest BCUT2D eigenvalue weighted by Gasteiger charge is 2.37.